The average molecular weight is 367 g/mol. The largest absolute Gasteiger partial charge is 0.480 e. The van der Waals surface area contributed by atoms with E-state index in [9.17, 15) is 18.4 Å². The van der Waals surface area contributed by atoms with Gasteiger partial charge in [-0.3, -0.25) is 4.79 Å². The number of ether oxygens (including phenoxy) is 1. The maximum Gasteiger partial charge on any atom is 0.323 e. The van der Waals surface area contributed by atoms with Gasteiger partial charge in [-0.05, 0) is 12.1 Å². The van der Waals surface area contributed by atoms with Gasteiger partial charge in [-0.25, -0.2) is 13.6 Å². The van der Waals surface area contributed by atoms with Crippen LogP contribution in [0.15, 0.2) is 16.6 Å². The number of halogens is 3. The zero-order chi connectivity index (χ0) is 16.0. The van der Waals surface area contributed by atoms with Crippen molar-refractivity contribution in [2.45, 2.75) is 0 Å². The SMILES string of the molecule is COCCN(CC(=O)O)C(=O)Nc1c(F)cc(Br)cc1F. The fourth-order valence-electron chi connectivity index (χ4n) is 1.46. The molecule has 1 rings (SSSR count). The van der Waals surface area contributed by atoms with Crippen molar-refractivity contribution in [3.8, 4) is 0 Å². The molecule has 0 saturated heterocycles. The molecule has 0 unspecified atom stereocenters. The van der Waals surface area contributed by atoms with Crippen molar-refractivity contribution in [1.29, 1.82) is 0 Å². The number of methoxy groups -OCH3 is 1. The molecule has 0 aromatic heterocycles. The molecule has 2 N–H and O–H groups in total. The number of benzene rings is 1. The van der Waals surface area contributed by atoms with Crippen LogP contribution in [-0.2, 0) is 9.53 Å². The van der Waals surface area contributed by atoms with E-state index in [1.54, 1.807) is 0 Å². The van der Waals surface area contributed by atoms with Gasteiger partial charge < -0.3 is 20.1 Å². The normalized spacial score (nSPS) is 10.3. The fourth-order valence-corrected chi connectivity index (χ4v) is 1.87. The van der Waals surface area contributed by atoms with Crippen LogP contribution in [0.1, 0.15) is 0 Å². The Morgan fingerprint density at radius 3 is 2.43 bits per heavy atom. The van der Waals surface area contributed by atoms with E-state index in [1.807, 2.05) is 5.32 Å². The quantitative estimate of drug-likeness (QED) is 0.809. The van der Waals surface area contributed by atoms with E-state index >= 15 is 0 Å². The number of carbonyl (C=O) groups excluding carboxylic acids is 1. The minimum atomic E-state index is -1.25. The fraction of sp³-hybridized carbons (Fsp3) is 0.333. The molecule has 0 heterocycles. The Morgan fingerprint density at radius 2 is 1.95 bits per heavy atom. The molecule has 1 aromatic carbocycles. The van der Waals surface area contributed by atoms with Crippen molar-refractivity contribution >= 4 is 33.6 Å². The van der Waals surface area contributed by atoms with Gasteiger partial charge in [0.15, 0.2) is 11.6 Å². The van der Waals surface area contributed by atoms with Gasteiger partial charge in [0.05, 0.1) is 6.61 Å². The number of carboxylic acids is 1. The molecule has 0 bridgehead atoms. The third kappa shape index (κ3) is 5.27. The molecular formula is C12H13BrF2N2O4. The van der Waals surface area contributed by atoms with Gasteiger partial charge in [-0.1, -0.05) is 15.9 Å². The molecule has 0 aliphatic carbocycles. The molecule has 116 valence electrons. The number of urea groups is 1. The van der Waals surface area contributed by atoms with Crippen molar-refractivity contribution in [2.75, 3.05) is 32.1 Å². The predicted octanol–water partition coefficient (Wildman–Crippen LogP) is 2.29. The van der Waals surface area contributed by atoms with Crippen LogP contribution in [0.2, 0.25) is 0 Å². The number of nitrogens with zero attached hydrogens (tertiary/aromatic N) is 1. The second kappa shape index (κ2) is 7.89. The minimum Gasteiger partial charge on any atom is -0.480 e. The van der Waals surface area contributed by atoms with Crippen molar-refractivity contribution in [2.24, 2.45) is 0 Å². The molecule has 0 aliphatic heterocycles. The molecule has 0 fully saturated rings. The predicted molar refractivity (Wildman–Crippen MR) is 74.2 cm³/mol. The second-order valence-corrected chi connectivity index (χ2v) is 4.90. The Bertz CT molecular complexity index is 519. The van der Waals surface area contributed by atoms with Crippen LogP contribution >= 0.6 is 15.9 Å². The maximum atomic E-state index is 13.6. The summed E-state index contributed by atoms with van der Waals surface area (Å²) in [5.74, 6) is -3.20. The zero-order valence-electron chi connectivity index (χ0n) is 11.0. The van der Waals surface area contributed by atoms with Crippen LogP contribution in [0, 0.1) is 11.6 Å². The number of hydrogen-bond acceptors (Lipinski definition) is 3. The van der Waals surface area contributed by atoms with E-state index in [-0.39, 0.29) is 17.6 Å². The third-order valence-electron chi connectivity index (χ3n) is 2.42. The third-order valence-corrected chi connectivity index (χ3v) is 2.88. The standard InChI is InChI=1S/C12H13BrF2N2O4/c1-21-3-2-17(6-10(18)19)12(20)16-11-8(14)4-7(13)5-9(11)15/h4-5H,2-3,6H2,1H3,(H,16,20)(H,18,19). The first-order chi connectivity index (χ1) is 9.85. The van der Waals surface area contributed by atoms with Gasteiger partial charge >= 0.3 is 12.0 Å². The number of rotatable bonds is 6. The number of nitrogens with one attached hydrogen (secondary N) is 1. The minimum absolute atomic E-state index is 0.0333. The highest BCUT2D eigenvalue weighted by Crippen LogP contribution is 2.24. The van der Waals surface area contributed by atoms with Crippen LogP contribution in [-0.4, -0.2) is 48.8 Å². The Balaban J connectivity index is 2.88. The van der Waals surface area contributed by atoms with Crippen molar-refractivity contribution in [3.63, 3.8) is 0 Å². The van der Waals surface area contributed by atoms with Gasteiger partial charge in [0, 0.05) is 18.1 Å². The summed E-state index contributed by atoms with van der Waals surface area (Å²) >= 11 is 2.91. The molecule has 1 aromatic rings. The van der Waals surface area contributed by atoms with Gasteiger partial charge in [-0.2, -0.15) is 0 Å². The van der Waals surface area contributed by atoms with Crippen LogP contribution < -0.4 is 5.32 Å². The van der Waals surface area contributed by atoms with Gasteiger partial charge in [0.1, 0.15) is 12.2 Å². The molecular weight excluding hydrogens is 354 g/mol. The van der Waals surface area contributed by atoms with E-state index in [0.717, 1.165) is 17.0 Å². The molecule has 6 nitrogen and oxygen atoms in total. The lowest BCUT2D eigenvalue weighted by Gasteiger charge is -2.21. The summed E-state index contributed by atoms with van der Waals surface area (Å²) in [5.41, 5.74) is -0.643. The van der Waals surface area contributed by atoms with Gasteiger partial charge in [0.25, 0.3) is 0 Å². The summed E-state index contributed by atoms with van der Waals surface area (Å²) < 4.78 is 32.1. The molecule has 0 radical (unpaired) electrons. The summed E-state index contributed by atoms with van der Waals surface area (Å²) in [4.78, 5) is 23.5. The van der Waals surface area contributed by atoms with E-state index in [0.29, 0.717) is 0 Å². The van der Waals surface area contributed by atoms with Crippen LogP contribution in [0.4, 0.5) is 19.3 Å². The van der Waals surface area contributed by atoms with Gasteiger partial charge in [0.2, 0.25) is 0 Å². The topological polar surface area (TPSA) is 78.9 Å². The smallest absolute Gasteiger partial charge is 0.323 e. The number of anilines is 1. The van der Waals surface area contributed by atoms with E-state index in [1.165, 1.54) is 7.11 Å². The molecule has 0 atom stereocenters. The highest BCUT2D eigenvalue weighted by Gasteiger charge is 2.20. The van der Waals surface area contributed by atoms with E-state index < -0.39 is 35.9 Å². The number of carbonyl (C=O) groups is 2. The van der Waals surface area contributed by atoms with Crippen LogP contribution in [0.3, 0.4) is 0 Å². The summed E-state index contributed by atoms with van der Waals surface area (Å²) in [5, 5.41) is 10.7. The maximum absolute atomic E-state index is 13.6. The Morgan fingerprint density at radius 1 is 1.38 bits per heavy atom. The summed E-state index contributed by atoms with van der Waals surface area (Å²) in [6.45, 7) is -0.560. The lowest BCUT2D eigenvalue weighted by atomic mass is 10.3. The first kappa shape index (κ1) is 17.3. The second-order valence-electron chi connectivity index (χ2n) is 3.98. The number of aliphatic carboxylic acids is 1. The zero-order valence-corrected chi connectivity index (χ0v) is 12.6. The Hall–Kier alpha value is -1.74. The highest BCUT2D eigenvalue weighted by molar-refractivity contribution is 9.10. The monoisotopic (exact) mass is 366 g/mol. The van der Waals surface area contributed by atoms with E-state index in [2.05, 4.69) is 15.9 Å². The van der Waals surface area contributed by atoms with E-state index in [4.69, 9.17) is 9.84 Å². The summed E-state index contributed by atoms with van der Waals surface area (Å²) in [6, 6.07) is 1.03. The van der Waals surface area contributed by atoms with Crippen LogP contribution in [0.25, 0.3) is 0 Å². The lowest BCUT2D eigenvalue weighted by molar-refractivity contribution is -0.137. The molecule has 0 saturated carbocycles. The van der Waals surface area contributed by atoms with Crippen molar-refractivity contribution < 1.29 is 28.2 Å². The summed E-state index contributed by atoms with van der Waals surface area (Å²) in [7, 11) is 1.38. The number of amides is 2. The molecule has 9 heteroatoms. The molecule has 0 spiro atoms. The average Bonchev–Trinajstić information content (AvgIpc) is 2.38. The van der Waals surface area contributed by atoms with Gasteiger partial charge in [-0.15, -0.1) is 0 Å². The molecule has 0 aliphatic rings. The van der Waals surface area contributed by atoms with Crippen molar-refractivity contribution in [3.05, 3.63) is 28.2 Å². The Labute approximate surface area is 127 Å². The Kier molecular flexibility index (Phi) is 6.50. The summed E-state index contributed by atoms with van der Waals surface area (Å²) in [6.07, 6.45) is 0. The van der Waals surface area contributed by atoms with Crippen LogP contribution in [0.5, 0.6) is 0 Å². The first-order valence-corrected chi connectivity index (χ1v) is 6.55. The number of carboxylic acid groups (broad SMARTS) is 1. The van der Waals surface area contributed by atoms with Crippen molar-refractivity contribution in [1.82, 2.24) is 4.90 Å². The first-order valence-electron chi connectivity index (χ1n) is 5.76. The number of hydrogen-bond donors (Lipinski definition) is 2. The lowest BCUT2D eigenvalue weighted by Crippen LogP contribution is -2.41. The highest BCUT2D eigenvalue weighted by atomic mass is 79.9. The molecule has 2 amide bonds. The molecule has 21 heavy (non-hydrogen) atoms.